The molecule has 1 N–H and O–H groups in total. The first kappa shape index (κ1) is 21.9. The Morgan fingerprint density at radius 1 is 1.00 bits per heavy atom. The number of amides is 1. The van der Waals surface area contributed by atoms with Crippen molar-refractivity contribution in [2.24, 2.45) is 0 Å². The Bertz CT molecular complexity index is 888. The van der Waals surface area contributed by atoms with E-state index in [1.54, 1.807) is 0 Å². The molecule has 0 aliphatic heterocycles. The predicted octanol–water partition coefficient (Wildman–Crippen LogP) is 2.57. The average Bonchev–Trinajstić information content (AvgIpc) is 2.58. The SMILES string of the molecule is Cc1ccc(CN(CC(=O)NCCOc2cc(C)cc(C)c2)S(C)(=O)=O)cc1. The monoisotopic (exact) mass is 404 g/mol. The third-order valence-corrected chi connectivity index (χ3v) is 5.35. The number of aryl methyl sites for hydroxylation is 3. The Morgan fingerprint density at radius 3 is 2.18 bits per heavy atom. The summed E-state index contributed by atoms with van der Waals surface area (Å²) in [6, 6.07) is 13.5. The maximum Gasteiger partial charge on any atom is 0.235 e. The lowest BCUT2D eigenvalue weighted by molar-refractivity contribution is -0.121. The third-order valence-electron chi connectivity index (χ3n) is 4.16. The van der Waals surface area contributed by atoms with E-state index in [-0.39, 0.29) is 19.0 Å². The van der Waals surface area contributed by atoms with E-state index >= 15 is 0 Å². The second-order valence-electron chi connectivity index (χ2n) is 7.04. The van der Waals surface area contributed by atoms with E-state index < -0.39 is 10.0 Å². The van der Waals surface area contributed by atoms with Gasteiger partial charge in [-0.1, -0.05) is 35.9 Å². The minimum absolute atomic E-state index is 0.158. The van der Waals surface area contributed by atoms with Crippen molar-refractivity contribution < 1.29 is 17.9 Å². The van der Waals surface area contributed by atoms with E-state index in [0.717, 1.165) is 38.6 Å². The van der Waals surface area contributed by atoms with Gasteiger partial charge >= 0.3 is 0 Å². The molecule has 6 nitrogen and oxygen atoms in total. The summed E-state index contributed by atoms with van der Waals surface area (Å²) in [7, 11) is -3.51. The molecule has 152 valence electrons. The summed E-state index contributed by atoms with van der Waals surface area (Å²) in [5, 5.41) is 2.71. The molecule has 28 heavy (non-hydrogen) atoms. The van der Waals surface area contributed by atoms with E-state index in [1.807, 2.05) is 57.2 Å². The van der Waals surface area contributed by atoms with Gasteiger partial charge in [0.2, 0.25) is 15.9 Å². The fraction of sp³-hybridized carbons (Fsp3) is 0.381. The summed E-state index contributed by atoms with van der Waals surface area (Å²) in [6.07, 6.45) is 1.11. The van der Waals surface area contributed by atoms with Gasteiger partial charge in [-0.05, 0) is 49.6 Å². The molecule has 0 aromatic heterocycles. The van der Waals surface area contributed by atoms with Crippen LogP contribution in [-0.4, -0.2) is 44.6 Å². The Labute approximate surface area is 167 Å². The van der Waals surface area contributed by atoms with Crippen LogP contribution >= 0.6 is 0 Å². The number of hydrogen-bond acceptors (Lipinski definition) is 4. The van der Waals surface area contributed by atoms with E-state index in [0.29, 0.717) is 13.2 Å². The van der Waals surface area contributed by atoms with Crippen molar-refractivity contribution >= 4 is 15.9 Å². The number of ether oxygens (including phenoxy) is 1. The quantitative estimate of drug-likeness (QED) is 0.652. The number of benzene rings is 2. The van der Waals surface area contributed by atoms with Crippen molar-refractivity contribution in [1.29, 1.82) is 0 Å². The first-order chi connectivity index (χ1) is 13.1. The van der Waals surface area contributed by atoms with Gasteiger partial charge in [0.1, 0.15) is 12.4 Å². The number of carbonyl (C=O) groups excluding carboxylic acids is 1. The lowest BCUT2D eigenvalue weighted by atomic mass is 10.1. The molecule has 0 heterocycles. The topological polar surface area (TPSA) is 75.7 Å². The smallest absolute Gasteiger partial charge is 0.235 e. The molecule has 0 aliphatic rings. The highest BCUT2D eigenvalue weighted by molar-refractivity contribution is 7.88. The summed E-state index contributed by atoms with van der Waals surface area (Å²) in [5.41, 5.74) is 4.15. The van der Waals surface area contributed by atoms with Crippen LogP contribution in [0.15, 0.2) is 42.5 Å². The Balaban J connectivity index is 1.85. The van der Waals surface area contributed by atoms with Crippen molar-refractivity contribution in [2.75, 3.05) is 26.0 Å². The van der Waals surface area contributed by atoms with Gasteiger partial charge in [0.05, 0.1) is 19.3 Å². The fourth-order valence-corrected chi connectivity index (χ4v) is 3.51. The highest BCUT2D eigenvalue weighted by Gasteiger charge is 2.20. The first-order valence-corrected chi connectivity index (χ1v) is 11.0. The standard InChI is InChI=1S/C21H28N2O4S/c1-16-5-7-19(8-6-16)14-23(28(4,25)26)15-21(24)22-9-10-27-20-12-17(2)11-18(3)13-20/h5-8,11-13H,9-10,14-15H2,1-4H3,(H,22,24). The Hall–Kier alpha value is -2.38. The van der Waals surface area contributed by atoms with Crippen LogP contribution < -0.4 is 10.1 Å². The molecule has 0 unspecified atom stereocenters. The summed E-state index contributed by atoms with van der Waals surface area (Å²) in [6.45, 7) is 6.50. The van der Waals surface area contributed by atoms with Gasteiger partial charge in [-0.3, -0.25) is 4.79 Å². The summed E-state index contributed by atoms with van der Waals surface area (Å²) in [4.78, 5) is 12.2. The number of sulfonamides is 1. The molecule has 0 bridgehead atoms. The zero-order valence-electron chi connectivity index (χ0n) is 16.9. The molecular formula is C21H28N2O4S. The molecule has 0 spiro atoms. The van der Waals surface area contributed by atoms with Gasteiger partial charge in [0.25, 0.3) is 0 Å². The molecule has 2 rings (SSSR count). The zero-order chi connectivity index (χ0) is 20.7. The van der Waals surface area contributed by atoms with E-state index in [2.05, 4.69) is 11.4 Å². The van der Waals surface area contributed by atoms with Crippen LogP contribution in [0.25, 0.3) is 0 Å². The second-order valence-corrected chi connectivity index (χ2v) is 9.02. The third kappa shape index (κ3) is 7.32. The molecule has 0 radical (unpaired) electrons. The molecule has 2 aromatic carbocycles. The van der Waals surface area contributed by atoms with Gasteiger partial charge in [0.15, 0.2) is 0 Å². The largest absolute Gasteiger partial charge is 0.492 e. The molecule has 0 saturated carbocycles. The van der Waals surface area contributed by atoms with Crippen molar-refractivity contribution in [3.05, 3.63) is 64.7 Å². The van der Waals surface area contributed by atoms with Crippen molar-refractivity contribution in [2.45, 2.75) is 27.3 Å². The van der Waals surface area contributed by atoms with Crippen molar-refractivity contribution in [3.8, 4) is 5.75 Å². The lowest BCUT2D eigenvalue weighted by Crippen LogP contribution is -2.40. The summed E-state index contributed by atoms with van der Waals surface area (Å²) in [5.74, 6) is 0.394. The number of nitrogens with zero attached hydrogens (tertiary/aromatic N) is 1. The maximum atomic E-state index is 12.2. The number of nitrogens with one attached hydrogen (secondary N) is 1. The molecule has 7 heteroatoms. The minimum Gasteiger partial charge on any atom is -0.492 e. The van der Waals surface area contributed by atoms with Crippen LogP contribution in [0.5, 0.6) is 5.75 Å². The van der Waals surface area contributed by atoms with Gasteiger partial charge < -0.3 is 10.1 Å². The number of rotatable bonds is 9. The van der Waals surface area contributed by atoms with Crippen LogP contribution in [-0.2, 0) is 21.4 Å². The van der Waals surface area contributed by atoms with E-state index in [4.69, 9.17) is 4.74 Å². The molecule has 2 aromatic rings. The zero-order valence-corrected chi connectivity index (χ0v) is 17.7. The average molecular weight is 405 g/mol. The first-order valence-electron chi connectivity index (χ1n) is 9.12. The Kier molecular flexibility index (Phi) is 7.60. The van der Waals surface area contributed by atoms with Crippen molar-refractivity contribution in [3.63, 3.8) is 0 Å². The second kappa shape index (κ2) is 9.71. The lowest BCUT2D eigenvalue weighted by Gasteiger charge is -2.19. The fourth-order valence-electron chi connectivity index (χ4n) is 2.78. The highest BCUT2D eigenvalue weighted by atomic mass is 32.2. The van der Waals surface area contributed by atoms with Gasteiger partial charge in [0, 0.05) is 6.54 Å². The van der Waals surface area contributed by atoms with Gasteiger partial charge in [-0.25, -0.2) is 8.42 Å². The van der Waals surface area contributed by atoms with Crippen LogP contribution in [0.2, 0.25) is 0 Å². The van der Waals surface area contributed by atoms with E-state index in [9.17, 15) is 13.2 Å². The number of hydrogen-bond donors (Lipinski definition) is 1. The van der Waals surface area contributed by atoms with Gasteiger partial charge in [-0.15, -0.1) is 0 Å². The van der Waals surface area contributed by atoms with Crippen LogP contribution in [0, 0.1) is 20.8 Å². The number of carbonyl (C=O) groups is 1. The normalized spacial score (nSPS) is 11.5. The van der Waals surface area contributed by atoms with Crippen molar-refractivity contribution in [1.82, 2.24) is 9.62 Å². The van der Waals surface area contributed by atoms with E-state index in [1.165, 1.54) is 0 Å². The Morgan fingerprint density at radius 2 is 1.61 bits per heavy atom. The minimum atomic E-state index is -3.51. The summed E-state index contributed by atoms with van der Waals surface area (Å²) >= 11 is 0. The van der Waals surface area contributed by atoms with Crippen LogP contribution in [0.3, 0.4) is 0 Å². The molecule has 1 amide bonds. The predicted molar refractivity (Wildman–Crippen MR) is 111 cm³/mol. The van der Waals surface area contributed by atoms with Gasteiger partial charge in [-0.2, -0.15) is 4.31 Å². The van der Waals surface area contributed by atoms with Crippen LogP contribution in [0.1, 0.15) is 22.3 Å². The molecule has 0 atom stereocenters. The maximum absolute atomic E-state index is 12.2. The highest BCUT2D eigenvalue weighted by Crippen LogP contribution is 2.15. The molecule has 0 fully saturated rings. The van der Waals surface area contributed by atoms with Crippen LogP contribution in [0.4, 0.5) is 0 Å². The molecule has 0 aliphatic carbocycles. The molecule has 0 saturated heterocycles. The molecular weight excluding hydrogens is 376 g/mol. The summed E-state index contributed by atoms with van der Waals surface area (Å²) < 4.78 is 30.9.